The fourth-order valence-corrected chi connectivity index (χ4v) is 3.42. The maximum atomic E-state index is 12.8. The van der Waals surface area contributed by atoms with Crippen LogP contribution in [0.2, 0.25) is 0 Å². The van der Waals surface area contributed by atoms with Gasteiger partial charge in [0.05, 0.1) is 0 Å². The van der Waals surface area contributed by atoms with Crippen LogP contribution in [0.15, 0.2) is 48.7 Å². The number of nitrogens with one attached hydrogen (secondary N) is 1. The van der Waals surface area contributed by atoms with Gasteiger partial charge in [0.25, 0.3) is 0 Å². The number of nitrogens with zero attached hydrogens (tertiary/aromatic N) is 3. The maximum absolute atomic E-state index is 12.8. The summed E-state index contributed by atoms with van der Waals surface area (Å²) in [4.78, 5) is 16.7. The molecule has 1 N–H and O–H groups in total. The molecule has 2 amide bonds. The average Bonchev–Trinajstić information content (AvgIpc) is 3.17. The van der Waals surface area contributed by atoms with E-state index in [9.17, 15) is 4.79 Å². The first-order valence-electron chi connectivity index (χ1n) is 8.47. The monoisotopic (exact) mass is 334 g/mol. The third kappa shape index (κ3) is 2.71. The van der Waals surface area contributed by atoms with Gasteiger partial charge < -0.3 is 14.8 Å². The van der Waals surface area contributed by atoms with Gasteiger partial charge in [-0.1, -0.05) is 6.07 Å². The van der Waals surface area contributed by atoms with Crippen molar-refractivity contribution in [1.82, 2.24) is 4.57 Å². The van der Waals surface area contributed by atoms with Gasteiger partial charge in [-0.3, -0.25) is 4.90 Å². The van der Waals surface area contributed by atoms with Gasteiger partial charge in [-0.2, -0.15) is 0 Å². The summed E-state index contributed by atoms with van der Waals surface area (Å²) in [5.74, 6) is 0. The minimum absolute atomic E-state index is 0.0788. The van der Waals surface area contributed by atoms with E-state index in [1.165, 1.54) is 11.1 Å². The Morgan fingerprint density at radius 2 is 2.00 bits per heavy atom. The number of aromatic nitrogens is 1. The van der Waals surface area contributed by atoms with Crippen molar-refractivity contribution in [2.45, 2.75) is 6.42 Å². The SMILES string of the molecule is CN(C)c1cccc(NC(=O)N2CCc3cc4c(ccn4C)cc32)c1. The summed E-state index contributed by atoms with van der Waals surface area (Å²) in [6, 6.07) is 14.2. The number of anilines is 3. The minimum atomic E-state index is -0.0788. The topological polar surface area (TPSA) is 40.5 Å². The quantitative estimate of drug-likeness (QED) is 0.773. The molecule has 0 fully saturated rings. The summed E-state index contributed by atoms with van der Waals surface area (Å²) in [7, 11) is 6.03. The molecule has 2 heterocycles. The van der Waals surface area contributed by atoms with Crippen molar-refractivity contribution >= 4 is 34.0 Å². The number of rotatable bonds is 2. The highest BCUT2D eigenvalue weighted by Crippen LogP contribution is 2.33. The third-order valence-corrected chi connectivity index (χ3v) is 4.84. The van der Waals surface area contributed by atoms with Gasteiger partial charge in [0, 0.05) is 61.8 Å². The normalized spacial score (nSPS) is 13.2. The van der Waals surface area contributed by atoms with Crippen LogP contribution in [0.3, 0.4) is 0 Å². The van der Waals surface area contributed by atoms with Gasteiger partial charge in [0.15, 0.2) is 0 Å². The van der Waals surface area contributed by atoms with E-state index >= 15 is 0 Å². The Hall–Kier alpha value is -2.95. The zero-order valence-electron chi connectivity index (χ0n) is 14.8. The number of hydrogen-bond donors (Lipinski definition) is 1. The molecule has 5 heteroatoms. The molecule has 5 nitrogen and oxygen atoms in total. The Balaban J connectivity index is 1.61. The van der Waals surface area contributed by atoms with E-state index in [-0.39, 0.29) is 6.03 Å². The van der Waals surface area contributed by atoms with Crippen LogP contribution >= 0.6 is 0 Å². The zero-order chi connectivity index (χ0) is 17.6. The fraction of sp³-hybridized carbons (Fsp3) is 0.250. The number of amides is 2. The lowest BCUT2D eigenvalue weighted by Gasteiger charge is -2.19. The smallest absolute Gasteiger partial charge is 0.326 e. The van der Waals surface area contributed by atoms with Crippen molar-refractivity contribution in [2.75, 3.05) is 35.8 Å². The molecule has 0 radical (unpaired) electrons. The van der Waals surface area contributed by atoms with E-state index in [4.69, 9.17) is 0 Å². The van der Waals surface area contributed by atoms with Crippen molar-refractivity contribution in [3.63, 3.8) is 0 Å². The van der Waals surface area contributed by atoms with Gasteiger partial charge in [-0.25, -0.2) is 4.79 Å². The molecular formula is C20H22N4O. The molecular weight excluding hydrogens is 312 g/mol. The fourth-order valence-electron chi connectivity index (χ4n) is 3.42. The zero-order valence-corrected chi connectivity index (χ0v) is 14.8. The summed E-state index contributed by atoms with van der Waals surface area (Å²) in [5.41, 5.74) is 5.32. The van der Waals surface area contributed by atoms with Gasteiger partial charge in [-0.05, 0) is 48.4 Å². The van der Waals surface area contributed by atoms with Gasteiger partial charge in [-0.15, -0.1) is 0 Å². The maximum Gasteiger partial charge on any atom is 0.326 e. The highest BCUT2D eigenvalue weighted by atomic mass is 16.2. The number of hydrogen-bond acceptors (Lipinski definition) is 2. The van der Waals surface area contributed by atoms with Crippen LogP contribution in [0.4, 0.5) is 21.9 Å². The Morgan fingerprint density at radius 1 is 1.16 bits per heavy atom. The Morgan fingerprint density at radius 3 is 2.80 bits per heavy atom. The van der Waals surface area contributed by atoms with Crippen molar-refractivity contribution in [3.8, 4) is 0 Å². The molecule has 0 saturated carbocycles. The average molecular weight is 334 g/mol. The van der Waals surface area contributed by atoms with E-state index in [0.29, 0.717) is 6.54 Å². The van der Waals surface area contributed by atoms with Crippen LogP contribution in [-0.4, -0.2) is 31.2 Å². The lowest BCUT2D eigenvalue weighted by Crippen LogP contribution is -2.33. The summed E-state index contributed by atoms with van der Waals surface area (Å²) in [5, 5.41) is 4.19. The Kier molecular flexibility index (Phi) is 3.64. The number of benzene rings is 2. The highest BCUT2D eigenvalue weighted by Gasteiger charge is 2.25. The van der Waals surface area contributed by atoms with E-state index in [1.807, 2.05) is 55.2 Å². The molecule has 3 aromatic rings. The molecule has 1 aromatic heterocycles. The molecule has 0 atom stereocenters. The molecule has 128 valence electrons. The van der Waals surface area contributed by atoms with Crippen LogP contribution in [0.5, 0.6) is 0 Å². The van der Waals surface area contributed by atoms with E-state index in [1.54, 1.807) is 0 Å². The standard InChI is InChI=1S/C20H22N4O/c1-22(2)17-6-4-5-16(13-17)21-20(25)24-10-8-15-11-18-14(12-19(15)24)7-9-23(18)3/h4-7,9,11-13H,8,10H2,1-3H3,(H,21,25). The van der Waals surface area contributed by atoms with Crippen LogP contribution in [0.25, 0.3) is 10.9 Å². The summed E-state index contributed by atoms with van der Waals surface area (Å²) >= 11 is 0. The second-order valence-corrected chi connectivity index (χ2v) is 6.74. The molecule has 1 aliphatic heterocycles. The van der Waals surface area contributed by atoms with Crippen LogP contribution in [0, 0.1) is 0 Å². The van der Waals surface area contributed by atoms with Crippen molar-refractivity contribution in [1.29, 1.82) is 0 Å². The number of urea groups is 1. The predicted molar refractivity (Wildman–Crippen MR) is 104 cm³/mol. The van der Waals surface area contributed by atoms with Crippen molar-refractivity contribution in [2.24, 2.45) is 7.05 Å². The molecule has 25 heavy (non-hydrogen) atoms. The lowest BCUT2D eigenvalue weighted by molar-refractivity contribution is 0.257. The van der Waals surface area contributed by atoms with Gasteiger partial charge in [0.2, 0.25) is 0 Å². The first-order valence-corrected chi connectivity index (χ1v) is 8.47. The first kappa shape index (κ1) is 15.6. The van der Waals surface area contributed by atoms with Gasteiger partial charge >= 0.3 is 6.03 Å². The summed E-state index contributed by atoms with van der Waals surface area (Å²) in [6.07, 6.45) is 2.94. The molecule has 0 bridgehead atoms. The van der Waals surface area contributed by atoms with Crippen molar-refractivity contribution in [3.05, 3.63) is 54.2 Å². The highest BCUT2D eigenvalue weighted by molar-refractivity contribution is 6.04. The summed E-state index contributed by atoms with van der Waals surface area (Å²) < 4.78 is 2.12. The van der Waals surface area contributed by atoms with E-state index in [0.717, 1.165) is 28.9 Å². The second kappa shape index (κ2) is 5.84. The molecule has 0 aliphatic carbocycles. The van der Waals surface area contributed by atoms with Gasteiger partial charge in [0.1, 0.15) is 0 Å². The lowest BCUT2D eigenvalue weighted by atomic mass is 10.1. The molecule has 0 unspecified atom stereocenters. The predicted octanol–water partition coefficient (Wildman–Crippen LogP) is 3.84. The molecule has 2 aromatic carbocycles. The van der Waals surface area contributed by atoms with Crippen LogP contribution in [-0.2, 0) is 13.5 Å². The Bertz CT molecular complexity index is 957. The number of aryl methyl sites for hydroxylation is 1. The first-order chi connectivity index (χ1) is 12.0. The molecule has 1 aliphatic rings. The number of carbonyl (C=O) groups is 1. The minimum Gasteiger partial charge on any atom is -0.378 e. The second-order valence-electron chi connectivity index (χ2n) is 6.74. The summed E-state index contributed by atoms with van der Waals surface area (Å²) in [6.45, 7) is 0.713. The molecule has 0 spiro atoms. The van der Waals surface area contributed by atoms with Crippen LogP contribution in [0.1, 0.15) is 5.56 Å². The molecule has 4 rings (SSSR count). The van der Waals surface area contributed by atoms with Crippen molar-refractivity contribution < 1.29 is 4.79 Å². The largest absolute Gasteiger partial charge is 0.378 e. The number of carbonyl (C=O) groups excluding carboxylic acids is 1. The van der Waals surface area contributed by atoms with Crippen LogP contribution < -0.4 is 15.1 Å². The van der Waals surface area contributed by atoms with E-state index < -0.39 is 0 Å². The Labute approximate surface area is 147 Å². The molecule has 0 saturated heterocycles. The number of fused-ring (bicyclic) bond motifs is 2. The third-order valence-electron chi connectivity index (χ3n) is 4.84. The van der Waals surface area contributed by atoms with E-state index in [2.05, 4.69) is 34.3 Å².